The van der Waals surface area contributed by atoms with Crippen molar-refractivity contribution in [3.05, 3.63) is 30.1 Å². The molecule has 1 aliphatic carbocycles. The van der Waals surface area contributed by atoms with Crippen LogP contribution in [0.4, 0.5) is 0 Å². The zero-order valence-electron chi connectivity index (χ0n) is 8.37. The van der Waals surface area contributed by atoms with Gasteiger partial charge in [-0.3, -0.25) is 4.98 Å². The standard InChI is InChI=1S/C11H17N3/c1-2-10(8-12-5-1)9-13-6-7-14-11-3-4-11/h1-2,5,8,11,13-14H,3-4,6-7,9H2. The molecular weight excluding hydrogens is 174 g/mol. The van der Waals surface area contributed by atoms with Gasteiger partial charge in [-0.15, -0.1) is 0 Å². The maximum Gasteiger partial charge on any atom is 0.0312 e. The minimum absolute atomic E-state index is 0.815. The largest absolute Gasteiger partial charge is 0.313 e. The molecule has 1 saturated carbocycles. The predicted octanol–water partition coefficient (Wildman–Crippen LogP) is 0.923. The van der Waals surface area contributed by atoms with Crippen molar-refractivity contribution >= 4 is 0 Å². The number of nitrogens with one attached hydrogen (secondary N) is 2. The Kier molecular flexibility index (Phi) is 3.49. The van der Waals surface area contributed by atoms with Gasteiger partial charge in [0.2, 0.25) is 0 Å². The van der Waals surface area contributed by atoms with Gasteiger partial charge in [0.25, 0.3) is 0 Å². The van der Waals surface area contributed by atoms with E-state index in [-0.39, 0.29) is 0 Å². The van der Waals surface area contributed by atoms with Gasteiger partial charge in [0, 0.05) is 38.1 Å². The van der Waals surface area contributed by atoms with Crippen LogP contribution in [0.2, 0.25) is 0 Å². The van der Waals surface area contributed by atoms with Gasteiger partial charge in [-0.2, -0.15) is 0 Å². The molecule has 14 heavy (non-hydrogen) atoms. The maximum atomic E-state index is 4.07. The van der Waals surface area contributed by atoms with E-state index in [4.69, 9.17) is 0 Å². The van der Waals surface area contributed by atoms with Gasteiger partial charge in [-0.05, 0) is 24.5 Å². The number of rotatable bonds is 6. The Hall–Kier alpha value is -0.930. The van der Waals surface area contributed by atoms with Crippen LogP contribution >= 0.6 is 0 Å². The van der Waals surface area contributed by atoms with Crippen molar-refractivity contribution in [1.82, 2.24) is 15.6 Å². The van der Waals surface area contributed by atoms with Gasteiger partial charge in [0.1, 0.15) is 0 Å². The summed E-state index contributed by atoms with van der Waals surface area (Å²) in [6.07, 6.45) is 6.44. The first kappa shape index (κ1) is 9.62. The summed E-state index contributed by atoms with van der Waals surface area (Å²) in [7, 11) is 0. The molecule has 0 bridgehead atoms. The average Bonchev–Trinajstić information content (AvgIpc) is 3.03. The lowest BCUT2D eigenvalue weighted by Gasteiger charge is -2.05. The molecule has 0 aliphatic heterocycles. The van der Waals surface area contributed by atoms with Crippen molar-refractivity contribution in [1.29, 1.82) is 0 Å². The molecule has 0 spiro atoms. The van der Waals surface area contributed by atoms with Gasteiger partial charge in [0.15, 0.2) is 0 Å². The zero-order chi connectivity index (χ0) is 9.64. The van der Waals surface area contributed by atoms with Crippen LogP contribution in [0, 0.1) is 0 Å². The Labute approximate surface area is 84.9 Å². The Morgan fingerprint density at radius 3 is 3.00 bits per heavy atom. The van der Waals surface area contributed by atoms with E-state index in [1.165, 1.54) is 18.4 Å². The highest BCUT2D eigenvalue weighted by atomic mass is 15.0. The number of hydrogen-bond acceptors (Lipinski definition) is 3. The van der Waals surface area contributed by atoms with E-state index < -0.39 is 0 Å². The third-order valence-electron chi connectivity index (χ3n) is 2.36. The van der Waals surface area contributed by atoms with Crippen molar-refractivity contribution in [3.8, 4) is 0 Å². The Balaban J connectivity index is 1.54. The molecule has 1 fully saturated rings. The summed E-state index contributed by atoms with van der Waals surface area (Å²) in [6, 6.07) is 4.88. The van der Waals surface area contributed by atoms with E-state index in [2.05, 4.69) is 21.7 Å². The lowest BCUT2D eigenvalue weighted by molar-refractivity contribution is 0.608. The Morgan fingerprint density at radius 1 is 1.36 bits per heavy atom. The predicted molar refractivity (Wildman–Crippen MR) is 57.0 cm³/mol. The van der Waals surface area contributed by atoms with E-state index >= 15 is 0 Å². The first-order valence-electron chi connectivity index (χ1n) is 5.28. The highest BCUT2D eigenvalue weighted by Gasteiger charge is 2.19. The summed E-state index contributed by atoms with van der Waals surface area (Å²) in [4.78, 5) is 4.07. The number of hydrogen-bond donors (Lipinski definition) is 2. The van der Waals surface area contributed by atoms with Gasteiger partial charge in [0.05, 0.1) is 0 Å². The third-order valence-corrected chi connectivity index (χ3v) is 2.36. The summed E-state index contributed by atoms with van der Waals surface area (Å²) in [6.45, 7) is 3.02. The highest BCUT2D eigenvalue weighted by molar-refractivity contribution is 5.07. The van der Waals surface area contributed by atoms with Crippen molar-refractivity contribution in [2.75, 3.05) is 13.1 Å². The second kappa shape index (κ2) is 5.08. The summed E-state index contributed by atoms with van der Waals surface area (Å²) in [5.74, 6) is 0. The monoisotopic (exact) mass is 191 g/mol. The average molecular weight is 191 g/mol. The topological polar surface area (TPSA) is 37.0 Å². The molecule has 1 aromatic heterocycles. The molecule has 0 amide bonds. The van der Waals surface area contributed by atoms with Crippen LogP contribution in [0.25, 0.3) is 0 Å². The van der Waals surface area contributed by atoms with Crippen molar-refractivity contribution < 1.29 is 0 Å². The van der Waals surface area contributed by atoms with Crippen LogP contribution in [0.5, 0.6) is 0 Å². The smallest absolute Gasteiger partial charge is 0.0312 e. The molecule has 1 heterocycles. The molecule has 0 atom stereocenters. The molecular formula is C11H17N3. The van der Waals surface area contributed by atoms with Gasteiger partial charge < -0.3 is 10.6 Å². The van der Waals surface area contributed by atoms with E-state index in [0.717, 1.165) is 25.7 Å². The van der Waals surface area contributed by atoms with E-state index in [1.54, 1.807) is 6.20 Å². The third kappa shape index (κ3) is 3.44. The fraction of sp³-hybridized carbons (Fsp3) is 0.545. The summed E-state index contributed by atoms with van der Waals surface area (Å²) in [5.41, 5.74) is 1.25. The highest BCUT2D eigenvalue weighted by Crippen LogP contribution is 2.17. The first-order valence-corrected chi connectivity index (χ1v) is 5.28. The SMILES string of the molecule is c1cncc(CNCCNC2CC2)c1. The quantitative estimate of drug-likeness (QED) is 0.657. The molecule has 0 aromatic carbocycles. The van der Waals surface area contributed by atoms with Crippen LogP contribution in [0.1, 0.15) is 18.4 Å². The Bertz CT molecular complexity index is 256. The number of nitrogens with zero attached hydrogens (tertiary/aromatic N) is 1. The maximum absolute atomic E-state index is 4.07. The normalized spacial score (nSPS) is 15.7. The minimum atomic E-state index is 0.815. The molecule has 0 radical (unpaired) electrons. The molecule has 1 aromatic rings. The number of pyridine rings is 1. The molecule has 3 heteroatoms. The van der Waals surface area contributed by atoms with Crippen LogP contribution in [0.15, 0.2) is 24.5 Å². The van der Waals surface area contributed by atoms with Gasteiger partial charge >= 0.3 is 0 Å². The molecule has 0 saturated heterocycles. The molecule has 0 unspecified atom stereocenters. The van der Waals surface area contributed by atoms with E-state index in [0.29, 0.717) is 0 Å². The molecule has 1 aliphatic rings. The summed E-state index contributed by atoms with van der Waals surface area (Å²) < 4.78 is 0. The molecule has 76 valence electrons. The van der Waals surface area contributed by atoms with Crippen molar-refractivity contribution in [3.63, 3.8) is 0 Å². The second-order valence-corrected chi connectivity index (χ2v) is 3.77. The van der Waals surface area contributed by atoms with Crippen LogP contribution in [-0.4, -0.2) is 24.1 Å². The Morgan fingerprint density at radius 2 is 2.29 bits per heavy atom. The minimum Gasteiger partial charge on any atom is -0.313 e. The first-order chi connectivity index (χ1) is 6.95. The van der Waals surface area contributed by atoms with Crippen LogP contribution in [0.3, 0.4) is 0 Å². The van der Waals surface area contributed by atoms with Crippen LogP contribution in [-0.2, 0) is 6.54 Å². The van der Waals surface area contributed by atoms with Crippen LogP contribution < -0.4 is 10.6 Å². The zero-order valence-corrected chi connectivity index (χ0v) is 8.37. The van der Waals surface area contributed by atoms with E-state index in [9.17, 15) is 0 Å². The summed E-state index contributed by atoms with van der Waals surface area (Å²) in [5, 5.41) is 6.85. The lowest BCUT2D eigenvalue weighted by atomic mass is 10.3. The van der Waals surface area contributed by atoms with Crippen molar-refractivity contribution in [2.24, 2.45) is 0 Å². The molecule has 2 rings (SSSR count). The van der Waals surface area contributed by atoms with E-state index in [1.807, 2.05) is 12.3 Å². The van der Waals surface area contributed by atoms with Crippen molar-refractivity contribution in [2.45, 2.75) is 25.4 Å². The van der Waals surface area contributed by atoms with Gasteiger partial charge in [-0.1, -0.05) is 6.07 Å². The second-order valence-electron chi connectivity index (χ2n) is 3.77. The summed E-state index contributed by atoms with van der Waals surface area (Å²) >= 11 is 0. The lowest BCUT2D eigenvalue weighted by Crippen LogP contribution is -2.28. The molecule has 2 N–H and O–H groups in total. The fourth-order valence-electron chi connectivity index (χ4n) is 1.39. The number of aromatic nitrogens is 1. The molecule has 3 nitrogen and oxygen atoms in total. The fourth-order valence-corrected chi connectivity index (χ4v) is 1.39. The van der Waals surface area contributed by atoms with Gasteiger partial charge in [-0.25, -0.2) is 0 Å².